The Morgan fingerprint density at radius 2 is 1.94 bits per heavy atom. The number of carbonyl (C=O) groups is 2. The molecule has 0 spiro atoms. The zero-order valence-electron chi connectivity index (χ0n) is 8.16. The van der Waals surface area contributed by atoms with E-state index in [1.54, 1.807) is 0 Å². The molecule has 0 aliphatic heterocycles. The highest BCUT2D eigenvalue weighted by Gasteiger charge is 2.37. The number of ether oxygens (including phenoxy) is 1. The van der Waals surface area contributed by atoms with Crippen LogP contribution >= 0.6 is 0 Å². The van der Waals surface area contributed by atoms with Crippen molar-refractivity contribution in [3.63, 3.8) is 0 Å². The van der Waals surface area contributed by atoms with Crippen molar-refractivity contribution in [2.45, 2.75) is 25.1 Å². The summed E-state index contributed by atoms with van der Waals surface area (Å²) < 4.78 is 39.2. The Bertz CT molecular complexity index is 287. The number of carboxylic acid groups (broad SMARTS) is 1. The van der Waals surface area contributed by atoms with Gasteiger partial charge < -0.3 is 9.84 Å². The molecular formula is C8H10F3NO4. The van der Waals surface area contributed by atoms with Gasteiger partial charge in [-0.3, -0.25) is 9.69 Å². The van der Waals surface area contributed by atoms with Gasteiger partial charge in [-0.2, -0.15) is 13.2 Å². The molecule has 1 rings (SSSR count). The minimum Gasteiger partial charge on any atom is -0.480 e. The lowest BCUT2D eigenvalue weighted by Crippen LogP contribution is -2.39. The molecule has 0 bridgehead atoms. The second-order valence-electron chi connectivity index (χ2n) is 3.42. The minimum absolute atomic E-state index is 0.308. The first kappa shape index (κ1) is 12.6. The molecule has 0 atom stereocenters. The van der Waals surface area contributed by atoms with E-state index in [0.717, 1.165) is 4.90 Å². The van der Waals surface area contributed by atoms with Crippen LogP contribution in [0.3, 0.4) is 0 Å². The molecule has 0 heterocycles. The number of nitrogens with zero attached hydrogens (tertiary/aromatic N) is 1. The number of hydrogen-bond donors (Lipinski definition) is 1. The molecular weight excluding hydrogens is 231 g/mol. The SMILES string of the molecule is O=C(O)CN(C(=O)OCC(F)(F)F)C1CC1. The van der Waals surface area contributed by atoms with Crippen LogP contribution in [0.25, 0.3) is 0 Å². The molecule has 92 valence electrons. The van der Waals surface area contributed by atoms with E-state index in [-0.39, 0.29) is 6.04 Å². The molecule has 0 aromatic heterocycles. The molecule has 1 N–H and O–H groups in total. The van der Waals surface area contributed by atoms with Crippen molar-refractivity contribution >= 4 is 12.1 Å². The van der Waals surface area contributed by atoms with Gasteiger partial charge in [0.25, 0.3) is 0 Å². The average molecular weight is 241 g/mol. The number of carbonyl (C=O) groups excluding carboxylic acids is 1. The Morgan fingerprint density at radius 1 is 1.38 bits per heavy atom. The lowest BCUT2D eigenvalue weighted by molar-refractivity contribution is -0.162. The van der Waals surface area contributed by atoms with E-state index in [0.29, 0.717) is 12.8 Å². The van der Waals surface area contributed by atoms with Gasteiger partial charge in [-0.15, -0.1) is 0 Å². The molecule has 1 fully saturated rings. The fraction of sp³-hybridized carbons (Fsp3) is 0.750. The van der Waals surface area contributed by atoms with E-state index in [2.05, 4.69) is 4.74 Å². The Hall–Kier alpha value is -1.47. The normalized spacial score (nSPS) is 15.7. The fourth-order valence-corrected chi connectivity index (χ4v) is 1.10. The molecule has 0 saturated heterocycles. The van der Waals surface area contributed by atoms with E-state index >= 15 is 0 Å². The van der Waals surface area contributed by atoms with E-state index in [9.17, 15) is 22.8 Å². The third kappa shape index (κ3) is 4.37. The Labute approximate surface area is 88.8 Å². The van der Waals surface area contributed by atoms with Crippen molar-refractivity contribution in [2.24, 2.45) is 0 Å². The van der Waals surface area contributed by atoms with Crippen LogP contribution in [0.5, 0.6) is 0 Å². The maximum atomic E-state index is 11.7. The lowest BCUT2D eigenvalue weighted by Gasteiger charge is -2.19. The van der Waals surface area contributed by atoms with Crippen molar-refractivity contribution in [1.29, 1.82) is 0 Å². The van der Waals surface area contributed by atoms with Gasteiger partial charge in [-0.05, 0) is 12.8 Å². The van der Waals surface area contributed by atoms with E-state index in [1.807, 2.05) is 0 Å². The monoisotopic (exact) mass is 241 g/mol. The van der Waals surface area contributed by atoms with Crippen LogP contribution in [0.15, 0.2) is 0 Å². The summed E-state index contributed by atoms with van der Waals surface area (Å²) in [5.74, 6) is -1.28. The highest BCUT2D eigenvalue weighted by atomic mass is 19.4. The molecule has 0 radical (unpaired) electrons. The van der Waals surface area contributed by atoms with Crippen molar-refractivity contribution in [3.8, 4) is 0 Å². The number of rotatable bonds is 4. The predicted octanol–water partition coefficient (Wildman–Crippen LogP) is 1.23. The number of amides is 1. The second-order valence-corrected chi connectivity index (χ2v) is 3.42. The highest BCUT2D eigenvalue weighted by Crippen LogP contribution is 2.27. The fourth-order valence-electron chi connectivity index (χ4n) is 1.10. The number of hydrogen-bond acceptors (Lipinski definition) is 3. The predicted molar refractivity (Wildman–Crippen MR) is 44.8 cm³/mol. The zero-order chi connectivity index (χ0) is 12.3. The smallest absolute Gasteiger partial charge is 0.422 e. The molecule has 5 nitrogen and oxygen atoms in total. The third-order valence-corrected chi connectivity index (χ3v) is 1.89. The summed E-state index contributed by atoms with van der Waals surface area (Å²) in [6.07, 6.45) is -4.65. The zero-order valence-corrected chi connectivity index (χ0v) is 8.16. The van der Waals surface area contributed by atoms with Gasteiger partial charge in [0.15, 0.2) is 6.61 Å². The van der Waals surface area contributed by atoms with Gasteiger partial charge in [0.2, 0.25) is 0 Å². The van der Waals surface area contributed by atoms with Crippen LogP contribution in [0.4, 0.5) is 18.0 Å². The Morgan fingerprint density at radius 3 is 2.31 bits per heavy atom. The molecule has 0 aromatic carbocycles. The van der Waals surface area contributed by atoms with Crippen LogP contribution in [-0.2, 0) is 9.53 Å². The topological polar surface area (TPSA) is 66.8 Å². The molecule has 1 amide bonds. The van der Waals surface area contributed by atoms with Crippen LogP contribution in [0.2, 0.25) is 0 Å². The molecule has 1 saturated carbocycles. The maximum Gasteiger partial charge on any atom is 0.422 e. The van der Waals surface area contributed by atoms with Crippen LogP contribution in [0.1, 0.15) is 12.8 Å². The van der Waals surface area contributed by atoms with Crippen molar-refractivity contribution in [2.75, 3.05) is 13.2 Å². The molecule has 16 heavy (non-hydrogen) atoms. The third-order valence-electron chi connectivity index (χ3n) is 1.89. The highest BCUT2D eigenvalue weighted by molar-refractivity contribution is 5.77. The van der Waals surface area contributed by atoms with E-state index < -0.39 is 31.4 Å². The molecule has 0 aromatic rings. The molecule has 8 heteroatoms. The summed E-state index contributed by atoms with van der Waals surface area (Å²) in [7, 11) is 0. The van der Waals surface area contributed by atoms with Gasteiger partial charge >= 0.3 is 18.2 Å². The summed E-state index contributed by atoms with van der Waals surface area (Å²) >= 11 is 0. The lowest BCUT2D eigenvalue weighted by atomic mass is 10.5. The van der Waals surface area contributed by atoms with Crippen molar-refractivity contribution in [3.05, 3.63) is 0 Å². The van der Waals surface area contributed by atoms with Gasteiger partial charge in [0.1, 0.15) is 6.54 Å². The number of aliphatic carboxylic acids is 1. The number of halogens is 3. The van der Waals surface area contributed by atoms with Crippen LogP contribution < -0.4 is 0 Å². The number of carboxylic acids is 1. The summed E-state index contributed by atoms with van der Waals surface area (Å²) in [4.78, 5) is 22.3. The summed E-state index contributed by atoms with van der Waals surface area (Å²) in [6.45, 7) is -2.34. The van der Waals surface area contributed by atoms with E-state index in [1.165, 1.54) is 0 Å². The standard InChI is InChI=1S/C8H10F3NO4/c9-8(10,11)4-16-7(15)12(3-6(13)14)5-1-2-5/h5H,1-4H2,(H,13,14). The largest absolute Gasteiger partial charge is 0.480 e. The van der Waals surface area contributed by atoms with Crippen molar-refractivity contribution in [1.82, 2.24) is 4.90 Å². The summed E-state index contributed by atoms with van der Waals surface area (Å²) in [5.41, 5.74) is 0. The molecule has 1 aliphatic carbocycles. The minimum atomic E-state index is -4.60. The quantitative estimate of drug-likeness (QED) is 0.803. The number of alkyl halides is 3. The Kier molecular flexibility index (Phi) is 3.61. The van der Waals surface area contributed by atoms with Gasteiger partial charge in [0.05, 0.1) is 0 Å². The second kappa shape index (κ2) is 4.58. The van der Waals surface area contributed by atoms with Gasteiger partial charge in [0, 0.05) is 6.04 Å². The summed E-state index contributed by atoms with van der Waals surface area (Å²) in [5, 5.41) is 8.47. The first-order valence-corrected chi connectivity index (χ1v) is 4.51. The van der Waals surface area contributed by atoms with Crippen LogP contribution in [0, 0.1) is 0 Å². The first-order chi connectivity index (χ1) is 7.29. The first-order valence-electron chi connectivity index (χ1n) is 4.51. The van der Waals surface area contributed by atoms with Crippen LogP contribution in [-0.4, -0.2) is 47.4 Å². The summed E-state index contributed by atoms with van der Waals surface area (Å²) in [6, 6.07) is -0.308. The van der Waals surface area contributed by atoms with E-state index in [4.69, 9.17) is 5.11 Å². The van der Waals surface area contributed by atoms with Crippen molar-refractivity contribution < 1.29 is 32.6 Å². The van der Waals surface area contributed by atoms with Gasteiger partial charge in [-0.25, -0.2) is 4.79 Å². The Balaban J connectivity index is 2.44. The molecule has 0 unspecified atom stereocenters. The molecule has 1 aliphatic rings. The van der Waals surface area contributed by atoms with Gasteiger partial charge in [-0.1, -0.05) is 0 Å². The maximum absolute atomic E-state index is 11.7. The average Bonchev–Trinajstić information content (AvgIpc) is 2.92.